The fraction of sp³-hybridized carbons (Fsp3) is 0. The molecule has 0 N–H and O–H groups in total. The van der Waals surface area contributed by atoms with Crippen molar-refractivity contribution in [2.45, 2.75) is 0 Å². The molecule has 9 aromatic heterocycles. The second-order valence-electron chi connectivity index (χ2n) is 30.1. The molecule has 26 rings (SSSR count). The van der Waals surface area contributed by atoms with Crippen LogP contribution in [0.2, 0.25) is 0 Å². The fourth-order valence-electron chi connectivity index (χ4n) is 18.0. The van der Waals surface area contributed by atoms with E-state index in [0.29, 0.717) is 28.5 Å². The van der Waals surface area contributed by atoms with E-state index in [-0.39, 0.29) is 0 Å². The van der Waals surface area contributed by atoms with Gasteiger partial charge in [-0.2, -0.15) is 0 Å². The minimum Gasteiger partial charge on any atom is -0.290 e. The van der Waals surface area contributed by atoms with E-state index in [4.69, 9.17) is 60.5 Å². The van der Waals surface area contributed by atoms with E-state index in [0.717, 1.165) is 116 Å². The lowest BCUT2D eigenvalue weighted by Crippen LogP contribution is -2.04. The van der Waals surface area contributed by atoms with Gasteiger partial charge in [0, 0.05) is 86.2 Å². The minimum absolute atomic E-state index is 0.671. The highest BCUT2D eigenvalue weighted by Gasteiger charge is 2.26. The molecular formula is C104H61N15. The Morgan fingerprint density at radius 3 is 0.899 bits per heavy atom. The van der Waals surface area contributed by atoms with Gasteiger partial charge in [-0.15, -0.1) is 30.6 Å². The highest BCUT2D eigenvalue weighted by Crippen LogP contribution is 2.43. The van der Waals surface area contributed by atoms with Crippen LogP contribution in [-0.2, 0) is 0 Å². The summed E-state index contributed by atoms with van der Waals surface area (Å²) in [6.45, 7) is 0. The van der Waals surface area contributed by atoms with Crippen molar-refractivity contribution >= 4 is 185 Å². The van der Waals surface area contributed by atoms with E-state index in [9.17, 15) is 0 Å². The molecule has 9 heterocycles. The van der Waals surface area contributed by atoms with Gasteiger partial charge in [0.2, 0.25) is 0 Å². The summed E-state index contributed by atoms with van der Waals surface area (Å²) in [6.07, 6.45) is 10.4. The molecule has 0 amide bonds. The third-order valence-corrected chi connectivity index (χ3v) is 23.5. The van der Waals surface area contributed by atoms with Gasteiger partial charge in [0.1, 0.15) is 50.2 Å². The van der Waals surface area contributed by atoms with Gasteiger partial charge in [0.05, 0.1) is 33.1 Å². The first-order chi connectivity index (χ1) is 59.0. The van der Waals surface area contributed by atoms with Crippen LogP contribution >= 0.6 is 0 Å². The van der Waals surface area contributed by atoms with E-state index in [1.165, 1.54) is 91.6 Å². The molecule has 552 valence electrons. The van der Waals surface area contributed by atoms with Crippen LogP contribution in [0.1, 0.15) is 0 Å². The van der Waals surface area contributed by atoms with Gasteiger partial charge in [-0.1, -0.05) is 267 Å². The summed E-state index contributed by atoms with van der Waals surface area (Å²) in [5, 5.41) is 55.0. The van der Waals surface area contributed by atoms with Crippen LogP contribution in [0.3, 0.4) is 0 Å². The third kappa shape index (κ3) is 10.8. The first-order valence-electron chi connectivity index (χ1n) is 39.5. The van der Waals surface area contributed by atoms with Gasteiger partial charge in [-0.05, 0) is 153 Å². The molecule has 15 nitrogen and oxygen atoms in total. The van der Waals surface area contributed by atoms with E-state index in [1.54, 1.807) is 37.2 Å². The van der Waals surface area contributed by atoms with Gasteiger partial charge < -0.3 is 0 Å². The molecule has 26 aromatic rings. The average Bonchev–Trinajstić information content (AvgIpc) is 1.61. The fourth-order valence-corrected chi connectivity index (χ4v) is 18.0. The molecule has 15 heteroatoms. The second kappa shape index (κ2) is 27.1. The molecule has 0 unspecified atom stereocenters. The van der Waals surface area contributed by atoms with Crippen LogP contribution in [0.15, 0.2) is 371 Å². The van der Waals surface area contributed by atoms with Crippen LogP contribution in [0.25, 0.3) is 236 Å². The van der Waals surface area contributed by atoms with Crippen LogP contribution in [0.4, 0.5) is 0 Å². The molecule has 0 aliphatic rings. The topological polar surface area (TPSA) is 169 Å². The summed E-state index contributed by atoms with van der Waals surface area (Å²) in [4.78, 5) is 28.8. The normalized spacial score (nSPS) is 11.9. The SMILES string of the molecule is c1ccc2cc3c(cc2c1)c1ccccc1n3-c1nnc(-c2ccc3c(ccc4ccccc43)c2)c2nccnc12.c1ccc2cc3c(cc2c1)c1ccccc1n3-c1nnc(-c2ccc3ccc4ccccc4c3c2)c2nccnc12.c1ccc2cc3c(cc2c1)c1ccccc1n3-c1nnc(-c2cccc3ccccc23)c2nccnc12. The number of para-hydroxylation sites is 3. The maximum absolute atomic E-state index is 4.86. The summed E-state index contributed by atoms with van der Waals surface area (Å²) in [7, 11) is 0. The number of hydrogen-bond acceptors (Lipinski definition) is 12. The van der Waals surface area contributed by atoms with Gasteiger partial charge >= 0.3 is 0 Å². The van der Waals surface area contributed by atoms with Gasteiger partial charge in [-0.3, -0.25) is 28.7 Å². The van der Waals surface area contributed by atoms with Crippen molar-refractivity contribution < 1.29 is 0 Å². The summed E-state index contributed by atoms with van der Waals surface area (Å²) in [6, 6.07) is 117. The molecule has 0 saturated heterocycles. The lowest BCUT2D eigenvalue weighted by atomic mass is 9.98. The molecule has 0 spiro atoms. The van der Waals surface area contributed by atoms with Crippen molar-refractivity contribution in [2.24, 2.45) is 0 Å². The number of hydrogen-bond donors (Lipinski definition) is 0. The predicted molar refractivity (Wildman–Crippen MR) is 485 cm³/mol. The molecule has 0 fully saturated rings. The maximum atomic E-state index is 4.86. The van der Waals surface area contributed by atoms with Crippen LogP contribution < -0.4 is 0 Å². The summed E-state index contributed by atoms with van der Waals surface area (Å²) < 4.78 is 6.53. The molecule has 0 saturated carbocycles. The quantitative estimate of drug-likeness (QED) is 0.145. The van der Waals surface area contributed by atoms with E-state index in [2.05, 4.69) is 329 Å². The predicted octanol–water partition coefficient (Wildman–Crippen LogP) is 24.8. The zero-order valence-electron chi connectivity index (χ0n) is 63.4. The Hall–Kier alpha value is -16.5. The molecular weight excluding hydrogens is 1460 g/mol. The molecule has 0 aliphatic heterocycles. The van der Waals surface area contributed by atoms with Gasteiger partial charge in [-0.25, -0.2) is 15.0 Å². The van der Waals surface area contributed by atoms with Gasteiger partial charge in [0.15, 0.2) is 17.5 Å². The number of benzene rings is 17. The van der Waals surface area contributed by atoms with Crippen LogP contribution in [0.5, 0.6) is 0 Å². The van der Waals surface area contributed by atoms with E-state index < -0.39 is 0 Å². The zero-order chi connectivity index (χ0) is 78.2. The minimum atomic E-state index is 0.671. The molecule has 0 aliphatic carbocycles. The summed E-state index contributed by atoms with van der Waals surface area (Å²) >= 11 is 0. The van der Waals surface area contributed by atoms with Crippen molar-refractivity contribution in [3.63, 3.8) is 0 Å². The Bertz CT molecular complexity index is 8750. The van der Waals surface area contributed by atoms with Crippen LogP contribution in [-0.4, -0.2) is 74.2 Å². The van der Waals surface area contributed by atoms with Crippen molar-refractivity contribution in [1.82, 2.24) is 74.2 Å². The largest absolute Gasteiger partial charge is 0.290 e. The van der Waals surface area contributed by atoms with Crippen LogP contribution in [0, 0.1) is 0 Å². The second-order valence-corrected chi connectivity index (χ2v) is 30.1. The number of rotatable bonds is 6. The Kier molecular flexibility index (Phi) is 15.3. The lowest BCUT2D eigenvalue weighted by molar-refractivity contribution is 0.965. The smallest absolute Gasteiger partial charge is 0.188 e. The summed E-state index contributed by atoms with van der Waals surface area (Å²) in [5.41, 5.74) is 15.8. The first kappa shape index (κ1) is 67.0. The highest BCUT2D eigenvalue weighted by molar-refractivity contribution is 6.19. The van der Waals surface area contributed by atoms with Crippen molar-refractivity contribution in [1.29, 1.82) is 0 Å². The average molecular weight is 1520 g/mol. The maximum Gasteiger partial charge on any atom is 0.188 e. The summed E-state index contributed by atoms with van der Waals surface area (Å²) in [5.74, 6) is 2.02. The van der Waals surface area contributed by atoms with E-state index in [1.807, 2.05) is 18.2 Å². The standard InChI is InChI=1S/2C36H21N5.C32H19N5/c1-2-9-25-21-32-30(19-24(25)8-1)28-11-5-6-12-31(28)41(32)36-35-34(37-17-18-38-35)33(39-40-36)26-16-15-23-14-13-22-7-3-4-10-27(22)29(23)20-26;1-2-9-24-21-32-30(20-23(24)8-1)29-11-5-6-12-31(29)41(32)36-35-34(37-17-18-38-35)33(39-40-36)26-15-16-28-25(19-26)14-13-22-7-3-4-10-27(22)28;1-2-10-22-19-28-26(18-21(22)9-1)24-13-5-6-15-27(24)37(28)32-31-30(33-16-17-34-31)29(35-36-32)25-14-7-11-20-8-3-4-12-23(20)25/h2*1-21H;1-19H. The van der Waals surface area contributed by atoms with Crippen molar-refractivity contribution in [3.05, 3.63) is 371 Å². The Morgan fingerprint density at radius 1 is 0.160 bits per heavy atom. The van der Waals surface area contributed by atoms with E-state index >= 15 is 0 Å². The number of fused-ring (bicyclic) bond motifs is 22. The molecule has 0 bridgehead atoms. The van der Waals surface area contributed by atoms with Gasteiger partial charge in [0.25, 0.3) is 0 Å². The zero-order valence-corrected chi connectivity index (χ0v) is 63.4. The third-order valence-electron chi connectivity index (χ3n) is 23.5. The van der Waals surface area contributed by atoms with Crippen molar-refractivity contribution in [2.75, 3.05) is 0 Å². The van der Waals surface area contributed by atoms with Crippen molar-refractivity contribution in [3.8, 4) is 51.2 Å². The molecule has 119 heavy (non-hydrogen) atoms. The molecule has 0 radical (unpaired) electrons. The Balaban J connectivity index is 0.000000102. The number of aromatic nitrogens is 15. The lowest BCUT2D eigenvalue weighted by Gasteiger charge is -2.12. The molecule has 17 aromatic carbocycles. The number of nitrogens with zero attached hydrogens (tertiary/aromatic N) is 15. The molecule has 0 atom stereocenters. The monoisotopic (exact) mass is 1520 g/mol. The Morgan fingerprint density at radius 2 is 0.454 bits per heavy atom. The first-order valence-corrected chi connectivity index (χ1v) is 39.5. The Labute approximate surface area is 676 Å². The highest BCUT2D eigenvalue weighted by atomic mass is 15.2.